The number of nitrogens with zero attached hydrogens (tertiary/aromatic N) is 2. The Balaban J connectivity index is 1.42. The molecule has 0 radical (unpaired) electrons. The summed E-state index contributed by atoms with van der Waals surface area (Å²) in [6.45, 7) is 0.234. The van der Waals surface area contributed by atoms with Gasteiger partial charge in [0.2, 0.25) is 5.91 Å². The van der Waals surface area contributed by atoms with Gasteiger partial charge in [-0.2, -0.15) is 5.10 Å². The molecule has 0 aliphatic carbocycles. The van der Waals surface area contributed by atoms with Crippen LogP contribution in [0.4, 0.5) is 5.00 Å². The molecular weight excluding hydrogens is 443 g/mol. The number of primary amides is 1. The molecule has 2 aromatic rings. The summed E-state index contributed by atoms with van der Waals surface area (Å²) in [5, 5.41) is 14.6. The van der Waals surface area contributed by atoms with E-state index in [2.05, 4.69) is 15.5 Å². The molecule has 7 nitrogen and oxygen atoms in total. The monoisotopic (exact) mass is 456 g/mol. The number of thiophene rings is 1. The van der Waals surface area contributed by atoms with Gasteiger partial charge in [0.15, 0.2) is 0 Å². The van der Waals surface area contributed by atoms with Crippen molar-refractivity contribution in [2.24, 2.45) is 15.9 Å². The van der Waals surface area contributed by atoms with Gasteiger partial charge in [0, 0.05) is 11.4 Å². The summed E-state index contributed by atoms with van der Waals surface area (Å²) in [5.74, 6) is -0.185. The first-order valence-corrected chi connectivity index (χ1v) is 10.5. The van der Waals surface area contributed by atoms with Crippen LogP contribution >= 0.6 is 46.3 Å². The molecule has 0 atom stereocenters. The van der Waals surface area contributed by atoms with Crippen molar-refractivity contribution in [2.45, 2.75) is 6.42 Å². The van der Waals surface area contributed by atoms with E-state index in [-0.39, 0.29) is 18.3 Å². The number of rotatable bonds is 7. The van der Waals surface area contributed by atoms with E-state index in [0.717, 1.165) is 5.71 Å². The molecule has 1 aliphatic heterocycles. The van der Waals surface area contributed by atoms with Crippen LogP contribution in [-0.2, 0) is 4.79 Å². The Morgan fingerprint density at radius 1 is 1.29 bits per heavy atom. The number of halogens is 2. The molecule has 1 aromatic carbocycles. The second kappa shape index (κ2) is 9.42. The number of nitrogens with two attached hydrogens (primary N) is 1. The third-order valence-electron chi connectivity index (χ3n) is 3.50. The number of anilines is 1. The van der Waals surface area contributed by atoms with Crippen molar-refractivity contribution in [3.05, 3.63) is 45.3 Å². The van der Waals surface area contributed by atoms with Crippen molar-refractivity contribution in [1.82, 2.24) is 0 Å². The molecule has 0 saturated heterocycles. The zero-order chi connectivity index (χ0) is 20.1. The highest BCUT2D eigenvalue weighted by atomic mass is 35.5. The van der Waals surface area contributed by atoms with E-state index >= 15 is 0 Å². The minimum atomic E-state index is -0.580. The fraction of sp³-hybridized carbons (Fsp3) is 0.176. The fourth-order valence-corrected chi connectivity index (χ4v) is 4.21. The second-order valence-corrected chi connectivity index (χ2v) is 8.37. The number of benzene rings is 1. The first kappa shape index (κ1) is 20.7. The minimum absolute atomic E-state index is 0.140. The van der Waals surface area contributed by atoms with Gasteiger partial charge in [0.1, 0.15) is 22.4 Å². The van der Waals surface area contributed by atoms with E-state index < -0.39 is 5.91 Å². The topological polar surface area (TPSA) is 106 Å². The molecule has 0 spiro atoms. The van der Waals surface area contributed by atoms with Crippen molar-refractivity contribution in [3.63, 3.8) is 0 Å². The van der Waals surface area contributed by atoms with Gasteiger partial charge in [-0.15, -0.1) is 16.4 Å². The van der Waals surface area contributed by atoms with Gasteiger partial charge in [-0.3, -0.25) is 9.59 Å². The minimum Gasteiger partial charge on any atom is -0.486 e. The van der Waals surface area contributed by atoms with Crippen LogP contribution < -0.4 is 15.8 Å². The highest BCUT2D eigenvalue weighted by Gasteiger charge is 2.17. The van der Waals surface area contributed by atoms with Crippen LogP contribution in [0.5, 0.6) is 5.75 Å². The normalized spacial score (nSPS) is 13.1. The average molecular weight is 457 g/mol. The van der Waals surface area contributed by atoms with Gasteiger partial charge >= 0.3 is 0 Å². The first-order chi connectivity index (χ1) is 13.4. The molecule has 0 bridgehead atoms. The van der Waals surface area contributed by atoms with E-state index in [1.54, 1.807) is 29.6 Å². The van der Waals surface area contributed by atoms with Gasteiger partial charge in [-0.1, -0.05) is 35.0 Å². The van der Waals surface area contributed by atoms with Crippen LogP contribution in [0.25, 0.3) is 0 Å². The van der Waals surface area contributed by atoms with Gasteiger partial charge in [0.05, 0.1) is 22.1 Å². The van der Waals surface area contributed by atoms with Crippen LogP contribution in [0.2, 0.25) is 10.0 Å². The largest absolute Gasteiger partial charge is 0.486 e. The lowest BCUT2D eigenvalue weighted by molar-refractivity contribution is -0.113. The quantitative estimate of drug-likeness (QED) is 0.654. The predicted molar refractivity (Wildman–Crippen MR) is 115 cm³/mol. The highest BCUT2D eigenvalue weighted by Crippen LogP contribution is 2.28. The Kier molecular flexibility index (Phi) is 6.95. The van der Waals surface area contributed by atoms with Gasteiger partial charge in [-0.05, 0) is 29.6 Å². The molecule has 3 rings (SSSR count). The SMILES string of the molecule is NC(=O)c1ccsc1NC(=O)CSC1=NN=C(COc2ccc(Cl)cc2Cl)C1. The van der Waals surface area contributed by atoms with E-state index in [1.165, 1.54) is 23.1 Å². The molecule has 28 heavy (non-hydrogen) atoms. The molecule has 2 heterocycles. The summed E-state index contributed by atoms with van der Waals surface area (Å²) in [6.07, 6.45) is 0.495. The number of hydrogen-bond acceptors (Lipinski definition) is 7. The number of carbonyl (C=O) groups is 2. The number of hydrogen-bond donors (Lipinski definition) is 2. The summed E-state index contributed by atoms with van der Waals surface area (Å²) in [4.78, 5) is 23.4. The maximum absolute atomic E-state index is 12.1. The lowest BCUT2D eigenvalue weighted by atomic mass is 10.3. The van der Waals surface area contributed by atoms with E-state index in [9.17, 15) is 9.59 Å². The average Bonchev–Trinajstić information content (AvgIpc) is 3.28. The standard InChI is InChI=1S/C17H14Cl2N4O3S2/c18-9-1-2-13(12(19)5-9)26-7-10-6-15(23-22-10)28-8-14(24)21-17-11(16(20)25)3-4-27-17/h1-5H,6-8H2,(H2,20,25)(H,21,24). The second-order valence-electron chi connectivity index (χ2n) is 5.56. The molecule has 11 heteroatoms. The number of nitrogens with one attached hydrogen (secondary N) is 1. The molecule has 1 aromatic heterocycles. The maximum Gasteiger partial charge on any atom is 0.251 e. The lowest BCUT2D eigenvalue weighted by Gasteiger charge is -2.08. The Labute approximate surface area is 178 Å². The summed E-state index contributed by atoms with van der Waals surface area (Å²) >= 11 is 14.4. The molecule has 146 valence electrons. The third kappa shape index (κ3) is 5.48. The smallest absolute Gasteiger partial charge is 0.251 e. The maximum atomic E-state index is 12.1. The van der Waals surface area contributed by atoms with Crippen molar-refractivity contribution < 1.29 is 14.3 Å². The van der Waals surface area contributed by atoms with Crippen molar-refractivity contribution >= 4 is 73.9 Å². The Morgan fingerprint density at radius 2 is 2.11 bits per heavy atom. The highest BCUT2D eigenvalue weighted by molar-refractivity contribution is 8.14. The number of carbonyl (C=O) groups excluding carboxylic acids is 2. The molecule has 2 amide bonds. The third-order valence-corrected chi connectivity index (χ3v) is 5.83. The van der Waals surface area contributed by atoms with Gasteiger partial charge in [0.25, 0.3) is 5.91 Å². The summed E-state index contributed by atoms with van der Waals surface area (Å²) in [7, 11) is 0. The van der Waals surface area contributed by atoms with Crippen LogP contribution in [0, 0.1) is 0 Å². The Morgan fingerprint density at radius 3 is 2.86 bits per heavy atom. The fourth-order valence-electron chi connectivity index (χ4n) is 2.20. The molecule has 0 unspecified atom stereocenters. The zero-order valence-electron chi connectivity index (χ0n) is 14.3. The van der Waals surface area contributed by atoms with Crippen molar-refractivity contribution in [2.75, 3.05) is 17.7 Å². The molecule has 0 saturated carbocycles. The molecule has 3 N–H and O–H groups in total. The van der Waals surface area contributed by atoms with Crippen LogP contribution in [0.3, 0.4) is 0 Å². The van der Waals surface area contributed by atoms with Crippen LogP contribution in [-0.4, -0.2) is 34.9 Å². The van der Waals surface area contributed by atoms with Crippen LogP contribution in [0.1, 0.15) is 16.8 Å². The van der Waals surface area contributed by atoms with Gasteiger partial charge in [-0.25, -0.2) is 0 Å². The molecular formula is C17H14Cl2N4O3S2. The van der Waals surface area contributed by atoms with Crippen LogP contribution in [0.15, 0.2) is 39.8 Å². The zero-order valence-corrected chi connectivity index (χ0v) is 17.4. The summed E-state index contributed by atoms with van der Waals surface area (Å²) in [5.41, 5.74) is 6.28. The molecule has 1 aliphatic rings. The van der Waals surface area contributed by atoms with Gasteiger partial charge < -0.3 is 15.8 Å². The van der Waals surface area contributed by atoms with E-state index in [0.29, 0.717) is 37.8 Å². The van der Waals surface area contributed by atoms with Crippen molar-refractivity contribution in [1.29, 1.82) is 0 Å². The number of thioether (sulfide) groups is 1. The summed E-state index contributed by atoms with van der Waals surface area (Å²) in [6, 6.07) is 6.55. The Bertz CT molecular complexity index is 975. The number of ether oxygens (including phenoxy) is 1. The van der Waals surface area contributed by atoms with E-state index in [4.69, 9.17) is 33.7 Å². The molecule has 0 fully saturated rings. The first-order valence-electron chi connectivity index (χ1n) is 7.92. The Hall–Kier alpha value is -2.07. The van der Waals surface area contributed by atoms with E-state index in [1.807, 2.05) is 0 Å². The number of amides is 2. The summed E-state index contributed by atoms with van der Waals surface area (Å²) < 4.78 is 5.63. The predicted octanol–water partition coefficient (Wildman–Crippen LogP) is 4.06. The van der Waals surface area contributed by atoms with Crippen molar-refractivity contribution in [3.8, 4) is 5.75 Å². The lowest BCUT2D eigenvalue weighted by Crippen LogP contribution is -2.18.